The zero-order valence-electron chi connectivity index (χ0n) is 10.5. The maximum atomic E-state index is 12.7. The minimum absolute atomic E-state index is 0.326. The van der Waals surface area contributed by atoms with E-state index in [0.29, 0.717) is 22.2 Å². The van der Waals surface area contributed by atoms with E-state index >= 15 is 0 Å². The van der Waals surface area contributed by atoms with Gasteiger partial charge in [-0.3, -0.25) is 4.79 Å². The Balaban J connectivity index is 2.15. The molecule has 0 atom stereocenters. The number of nitrogens with one attached hydrogen (secondary N) is 1. The quantitative estimate of drug-likeness (QED) is 0.749. The van der Waals surface area contributed by atoms with Gasteiger partial charge >= 0.3 is 6.18 Å². The SMILES string of the molecule is O=c1[nH]ncc2nc(-c3cccc(C(F)(F)F)c3)ccc12. The van der Waals surface area contributed by atoms with Crippen LogP contribution in [0.1, 0.15) is 5.56 Å². The van der Waals surface area contributed by atoms with E-state index in [9.17, 15) is 18.0 Å². The molecule has 0 saturated carbocycles. The molecule has 0 aliphatic rings. The molecule has 0 amide bonds. The van der Waals surface area contributed by atoms with E-state index in [4.69, 9.17) is 0 Å². The van der Waals surface area contributed by atoms with Gasteiger partial charge in [0.2, 0.25) is 0 Å². The van der Waals surface area contributed by atoms with Crippen LogP contribution in [0.5, 0.6) is 0 Å². The fourth-order valence-corrected chi connectivity index (χ4v) is 1.99. The van der Waals surface area contributed by atoms with Gasteiger partial charge in [0.25, 0.3) is 5.56 Å². The number of pyridine rings is 1. The maximum absolute atomic E-state index is 12.7. The van der Waals surface area contributed by atoms with Crippen LogP contribution in [0.2, 0.25) is 0 Å². The Morgan fingerprint density at radius 2 is 1.90 bits per heavy atom. The third kappa shape index (κ3) is 2.49. The normalized spacial score (nSPS) is 11.8. The molecule has 2 heterocycles. The van der Waals surface area contributed by atoms with Crippen molar-refractivity contribution in [3.05, 3.63) is 58.5 Å². The first-order valence-corrected chi connectivity index (χ1v) is 5.97. The van der Waals surface area contributed by atoms with Crippen molar-refractivity contribution < 1.29 is 13.2 Å². The van der Waals surface area contributed by atoms with Crippen LogP contribution in [-0.4, -0.2) is 15.2 Å². The lowest BCUT2D eigenvalue weighted by molar-refractivity contribution is -0.137. The first-order chi connectivity index (χ1) is 9.95. The summed E-state index contributed by atoms with van der Waals surface area (Å²) in [5.41, 5.74) is -0.136. The van der Waals surface area contributed by atoms with Crippen molar-refractivity contribution in [3.8, 4) is 11.3 Å². The molecular formula is C14H8F3N3O. The molecule has 0 saturated heterocycles. The molecule has 0 bridgehead atoms. The number of aromatic nitrogens is 3. The van der Waals surface area contributed by atoms with Gasteiger partial charge < -0.3 is 0 Å². The number of nitrogens with zero attached hydrogens (tertiary/aromatic N) is 2. The number of aromatic amines is 1. The largest absolute Gasteiger partial charge is 0.416 e. The molecule has 21 heavy (non-hydrogen) atoms. The summed E-state index contributed by atoms with van der Waals surface area (Å²) in [6, 6.07) is 7.89. The molecule has 0 radical (unpaired) electrons. The van der Waals surface area contributed by atoms with E-state index in [1.165, 1.54) is 30.5 Å². The van der Waals surface area contributed by atoms with Crippen molar-refractivity contribution in [2.45, 2.75) is 6.18 Å². The molecule has 7 heteroatoms. The first-order valence-electron chi connectivity index (χ1n) is 5.97. The third-order valence-corrected chi connectivity index (χ3v) is 3.01. The van der Waals surface area contributed by atoms with Gasteiger partial charge in [0.15, 0.2) is 0 Å². The Bertz CT molecular complexity index is 871. The summed E-state index contributed by atoms with van der Waals surface area (Å²) in [4.78, 5) is 15.7. The molecule has 0 aliphatic carbocycles. The van der Waals surface area contributed by atoms with Crippen LogP contribution in [0.3, 0.4) is 0 Å². The van der Waals surface area contributed by atoms with E-state index in [1.54, 1.807) is 0 Å². The van der Waals surface area contributed by atoms with Crippen LogP contribution in [0.15, 0.2) is 47.4 Å². The van der Waals surface area contributed by atoms with Crippen molar-refractivity contribution in [3.63, 3.8) is 0 Å². The van der Waals surface area contributed by atoms with Crippen molar-refractivity contribution in [2.75, 3.05) is 0 Å². The number of hydrogen-bond acceptors (Lipinski definition) is 3. The summed E-state index contributed by atoms with van der Waals surface area (Å²) in [5, 5.41) is 6.23. The highest BCUT2D eigenvalue weighted by Gasteiger charge is 2.30. The van der Waals surface area contributed by atoms with Gasteiger partial charge in [-0.1, -0.05) is 12.1 Å². The smallest absolute Gasteiger partial charge is 0.267 e. The first kappa shape index (κ1) is 13.3. The number of halogens is 3. The molecule has 1 N–H and O–H groups in total. The van der Waals surface area contributed by atoms with Crippen molar-refractivity contribution in [1.82, 2.24) is 15.2 Å². The third-order valence-electron chi connectivity index (χ3n) is 3.01. The Hall–Kier alpha value is -2.70. The van der Waals surface area contributed by atoms with E-state index in [2.05, 4.69) is 15.2 Å². The van der Waals surface area contributed by atoms with Gasteiger partial charge in [0.1, 0.15) is 0 Å². The van der Waals surface area contributed by atoms with E-state index < -0.39 is 17.3 Å². The number of rotatable bonds is 1. The summed E-state index contributed by atoms with van der Waals surface area (Å²) in [7, 11) is 0. The number of benzene rings is 1. The Morgan fingerprint density at radius 1 is 1.10 bits per heavy atom. The van der Waals surface area contributed by atoms with Gasteiger partial charge in [-0.05, 0) is 24.3 Å². The zero-order valence-corrected chi connectivity index (χ0v) is 10.5. The second kappa shape index (κ2) is 4.69. The fraction of sp³-hybridized carbons (Fsp3) is 0.0714. The highest BCUT2D eigenvalue weighted by Crippen LogP contribution is 2.31. The minimum atomic E-state index is -4.41. The predicted molar refractivity (Wildman–Crippen MR) is 70.6 cm³/mol. The highest BCUT2D eigenvalue weighted by molar-refractivity contribution is 5.79. The van der Waals surface area contributed by atoms with E-state index in [0.717, 1.165) is 12.1 Å². The Morgan fingerprint density at radius 3 is 2.67 bits per heavy atom. The monoisotopic (exact) mass is 291 g/mol. The van der Waals surface area contributed by atoms with E-state index in [1.807, 2.05) is 0 Å². The molecule has 4 nitrogen and oxygen atoms in total. The average Bonchev–Trinajstić information content (AvgIpc) is 2.46. The molecule has 0 fully saturated rings. The summed E-state index contributed by atoms with van der Waals surface area (Å²) in [5.74, 6) is 0. The molecule has 2 aromatic heterocycles. The summed E-state index contributed by atoms with van der Waals surface area (Å²) < 4.78 is 38.1. The van der Waals surface area contributed by atoms with Gasteiger partial charge in [0.05, 0.1) is 28.4 Å². The van der Waals surface area contributed by atoms with Crippen LogP contribution >= 0.6 is 0 Å². The molecule has 106 valence electrons. The summed E-state index contributed by atoms with van der Waals surface area (Å²) in [6.07, 6.45) is -3.06. The van der Waals surface area contributed by atoms with Crippen molar-refractivity contribution in [1.29, 1.82) is 0 Å². The second-order valence-electron chi connectivity index (χ2n) is 4.41. The lowest BCUT2D eigenvalue weighted by Crippen LogP contribution is -2.08. The molecular weight excluding hydrogens is 283 g/mol. The summed E-state index contributed by atoms with van der Waals surface area (Å²) in [6.45, 7) is 0. The predicted octanol–water partition coefficient (Wildman–Crippen LogP) is 3.00. The lowest BCUT2D eigenvalue weighted by Gasteiger charge is -2.08. The minimum Gasteiger partial charge on any atom is -0.267 e. The van der Waals surface area contributed by atoms with Crippen LogP contribution in [0, 0.1) is 0 Å². The Kier molecular flexibility index (Phi) is 2.97. The number of H-pyrrole nitrogens is 1. The van der Waals surface area contributed by atoms with Crippen LogP contribution in [-0.2, 0) is 6.18 Å². The number of hydrogen-bond donors (Lipinski definition) is 1. The average molecular weight is 291 g/mol. The molecule has 0 unspecified atom stereocenters. The van der Waals surface area contributed by atoms with Crippen LogP contribution in [0.4, 0.5) is 13.2 Å². The van der Waals surface area contributed by atoms with Crippen LogP contribution < -0.4 is 5.56 Å². The number of alkyl halides is 3. The molecule has 1 aromatic carbocycles. The van der Waals surface area contributed by atoms with Gasteiger partial charge in [0, 0.05) is 5.56 Å². The lowest BCUT2D eigenvalue weighted by atomic mass is 10.1. The molecule has 3 rings (SSSR count). The summed E-state index contributed by atoms with van der Waals surface area (Å²) >= 11 is 0. The highest BCUT2D eigenvalue weighted by atomic mass is 19.4. The topological polar surface area (TPSA) is 58.6 Å². The van der Waals surface area contributed by atoms with Gasteiger partial charge in [-0.25, -0.2) is 10.1 Å². The van der Waals surface area contributed by atoms with Crippen molar-refractivity contribution in [2.24, 2.45) is 0 Å². The van der Waals surface area contributed by atoms with Crippen molar-refractivity contribution >= 4 is 10.9 Å². The molecule has 3 aromatic rings. The number of fused-ring (bicyclic) bond motifs is 1. The van der Waals surface area contributed by atoms with Gasteiger partial charge in [-0.2, -0.15) is 18.3 Å². The zero-order chi connectivity index (χ0) is 15.0. The van der Waals surface area contributed by atoms with Crippen LogP contribution in [0.25, 0.3) is 22.2 Å². The maximum Gasteiger partial charge on any atom is 0.416 e. The molecule has 0 aliphatic heterocycles. The Labute approximate surface area is 116 Å². The fourth-order valence-electron chi connectivity index (χ4n) is 1.99. The van der Waals surface area contributed by atoms with E-state index in [-0.39, 0.29) is 0 Å². The standard InChI is InChI=1S/C14H8F3N3O/c15-14(16,17)9-3-1-2-8(6-9)11-5-4-10-12(19-11)7-18-20-13(10)21/h1-7H,(H,20,21). The molecule has 0 spiro atoms. The van der Waals surface area contributed by atoms with Gasteiger partial charge in [-0.15, -0.1) is 0 Å². The second-order valence-corrected chi connectivity index (χ2v) is 4.41.